The van der Waals surface area contributed by atoms with Gasteiger partial charge in [0.25, 0.3) is 0 Å². The van der Waals surface area contributed by atoms with E-state index in [1.54, 1.807) is 7.11 Å². The van der Waals surface area contributed by atoms with Crippen molar-refractivity contribution in [1.82, 2.24) is 10.3 Å². The van der Waals surface area contributed by atoms with Crippen molar-refractivity contribution >= 4 is 5.69 Å². The zero-order valence-corrected chi connectivity index (χ0v) is 13.0. The topological polar surface area (TPSA) is 57.6 Å². The first kappa shape index (κ1) is 16.9. The lowest BCUT2D eigenvalue weighted by molar-refractivity contribution is 0.0695. The summed E-state index contributed by atoms with van der Waals surface area (Å²) in [6, 6.07) is 4.32. The highest BCUT2D eigenvalue weighted by Gasteiger charge is 2.10. The van der Waals surface area contributed by atoms with Crippen molar-refractivity contribution in [3.05, 3.63) is 24.0 Å². The standard InChI is InChI=1S/C15H27N3O2/c1-5-8-16-12(2)15-7-6-13(9-17-15)18(3)10-14(19)11-20-4/h6-7,9,12,14,16,19H,5,8,10-11H2,1-4H3. The molecule has 2 N–H and O–H groups in total. The van der Waals surface area contributed by atoms with Gasteiger partial charge in [-0.1, -0.05) is 6.92 Å². The zero-order chi connectivity index (χ0) is 15.0. The second kappa shape index (κ2) is 8.89. The Morgan fingerprint density at radius 2 is 2.20 bits per heavy atom. The van der Waals surface area contributed by atoms with Crippen LogP contribution in [-0.2, 0) is 4.74 Å². The van der Waals surface area contributed by atoms with Gasteiger partial charge < -0.3 is 20.1 Å². The van der Waals surface area contributed by atoms with Gasteiger partial charge in [-0.25, -0.2) is 0 Å². The van der Waals surface area contributed by atoms with Crippen molar-refractivity contribution in [3.8, 4) is 0 Å². The molecule has 0 amide bonds. The molecule has 2 unspecified atom stereocenters. The van der Waals surface area contributed by atoms with Crippen LogP contribution in [0.2, 0.25) is 0 Å². The SMILES string of the molecule is CCCNC(C)c1ccc(N(C)CC(O)COC)cn1. The summed E-state index contributed by atoms with van der Waals surface area (Å²) in [4.78, 5) is 6.47. The third kappa shape index (κ3) is 5.45. The Bertz CT molecular complexity index is 370. The first-order valence-corrected chi connectivity index (χ1v) is 7.16. The predicted octanol–water partition coefficient (Wildman–Crippen LogP) is 1.59. The number of rotatable bonds is 9. The maximum atomic E-state index is 9.72. The second-order valence-electron chi connectivity index (χ2n) is 5.11. The third-order valence-corrected chi connectivity index (χ3v) is 3.20. The molecule has 0 fully saturated rings. The highest BCUT2D eigenvalue weighted by Crippen LogP contribution is 2.15. The van der Waals surface area contributed by atoms with Crippen LogP contribution in [0.4, 0.5) is 5.69 Å². The molecule has 0 aromatic carbocycles. The molecule has 0 aliphatic rings. The summed E-state index contributed by atoms with van der Waals surface area (Å²) in [6.45, 7) is 6.13. The summed E-state index contributed by atoms with van der Waals surface area (Å²) >= 11 is 0. The minimum Gasteiger partial charge on any atom is -0.389 e. The molecule has 5 heteroatoms. The van der Waals surface area contributed by atoms with E-state index in [9.17, 15) is 5.11 Å². The van der Waals surface area contributed by atoms with Crippen LogP contribution in [0.3, 0.4) is 0 Å². The fourth-order valence-corrected chi connectivity index (χ4v) is 2.01. The normalized spacial score (nSPS) is 14.1. The fraction of sp³-hybridized carbons (Fsp3) is 0.667. The quantitative estimate of drug-likeness (QED) is 0.720. The van der Waals surface area contributed by atoms with E-state index in [0.717, 1.165) is 24.3 Å². The predicted molar refractivity (Wildman–Crippen MR) is 82.1 cm³/mol. The molecule has 0 saturated carbocycles. The molecule has 2 atom stereocenters. The van der Waals surface area contributed by atoms with E-state index in [-0.39, 0.29) is 6.04 Å². The van der Waals surface area contributed by atoms with Gasteiger partial charge in [-0.2, -0.15) is 0 Å². The average molecular weight is 281 g/mol. The Hall–Kier alpha value is -1.17. The van der Waals surface area contributed by atoms with E-state index < -0.39 is 6.10 Å². The summed E-state index contributed by atoms with van der Waals surface area (Å²) in [7, 11) is 3.53. The number of aromatic nitrogens is 1. The van der Waals surface area contributed by atoms with Crippen molar-refractivity contribution in [1.29, 1.82) is 0 Å². The van der Waals surface area contributed by atoms with Crippen molar-refractivity contribution in [2.75, 3.05) is 38.8 Å². The molecule has 0 radical (unpaired) electrons. The number of pyridine rings is 1. The molecule has 1 aromatic heterocycles. The van der Waals surface area contributed by atoms with Gasteiger partial charge in [-0.05, 0) is 32.0 Å². The summed E-state index contributed by atoms with van der Waals surface area (Å²) in [5, 5.41) is 13.1. The van der Waals surface area contributed by atoms with Gasteiger partial charge in [0.1, 0.15) is 0 Å². The molecule has 0 bridgehead atoms. The number of aliphatic hydroxyl groups excluding tert-OH is 1. The largest absolute Gasteiger partial charge is 0.389 e. The highest BCUT2D eigenvalue weighted by atomic mass is 16.5. The first-order chi connectivity index (χ1) is 9.58. The maximum Gasteiger partial charge on any atom is 0.0947 e. The second-order valence-corrected chi connectivity index (χ2v) is 5.11. The zero-order valence-electron chi connectivity index (χ0n) is 13.0. The summed E-state index contributed by atoms with van der Waals surface area (Å²) in [5.41, 5.74) is 2.03. The van der Waals surface area contributed by atoms with Gasteiger partial charge in [0, 0.05) is 26.7 Å². The Morgan fingerprint density at radius 1 is 1.45 bits per heavy atom. The summed E-state index contributed by atoms with van der Waals surface area (Å²) in [6.07, 6.45) is 2.47. The van der Waals surface area contributed by atoms with Crippen LogP contribution in [0.1, 0.15) is 32.0 Å². The van der Waals surface area contributed by atoms with Crippen LogP contribution in [0.15, 0.2) is 18.3 Å². The molecular weight excluding hydrogens is 254 g/mol. The van der Waals surface area contributed by atoms with Crippen LogP contribution in [0, 0.1) is 0 Å². The number of hydrogen-bond acceptors (Lipinski definition) is 5. The van der Waals surface area contributed by atoms with E-state index in [2.05, 4.69) is 24.1 Å². The number of nitrogens with one attached hydrogen (secondary N) is 1. The molecule has 0 aliphatic carbocycles. The van der Waals surface area contributed by atoms with Crippen molar-refractivity contribution in [3.63, 3.8) is 0 Å². The van der Waals surface area contributed by atoms with E-state index >= 15 is 0 Å². The minimum atomic E-state index is -0.491. The van der Waals surface area contributed by atoms with Crippen LogP contribution in [0.5, 0.6) is 0 Å². The smallest absolute Gasteiger partial charge is 0.0947 e. The monoisotopic (exact) mass is 281 g/mol. The van der Waals surface area contributed by atoms with Gasteiger partial charge in [-0.15, -0.1) is 0 Å². The van der Waals surface area contributed by atoms with E-state index in [4.69, 9.17) is 4.74 Å². The highest BCUT2D eigenvalue weighted by molar-refractivity contribution is 5.44. The molecule has 5 nitrogen and oxygen atoms in total. The van der Waals surface area contributed by atoms with Crippen molar-refractivity contribution in [2.24, 2.45) is 0 Å². The molecule has 114 valence electrons. The third-order valence-electron chi connectivity index (χ3n) is 3.20. The lowest BCUT2D eigenvalue weighted by Gasteiger charge is -2.22. The van der Waals surface area contributed by atoms with E-state index in [1.807, 2.05) is 30.3 Å². The fourth-order valence-electron chi connectivity index (χ4n) is 2.01. The number of aliphatic hydroxyl groups is 1. The number of ether oxygens (including phenoxy) is 1. The summed E-state index contributed by atoms with van der Waals surface area (Å²) in [5.74, 6) is 0. The number of likely N-dealkylation sites (N-methyl/N-ethyl adjacent to an activating group) is 1. The van der Waals surface area contributed by atoms with Crippen LogP contribution in [-0.4, -0.2) is 50.0 Å². The van der Waals surface area contributed by atoms with Crippen molar-refractivity contribution < 1.29 is 9.84 Å². The molecule has 1 rings (SSSR count). The first-order valence-electron chi connectivity index (χ1n) is 7.16. The molecule has 0 saturated heterocycles. The van der Waals surface area contributed by atoms with Crippen LogP contribution < -0.4 is 10.2 Å². The number of anilines is 1. The van der Waals surface area contributed by atoms with Crippen molar-refractivity contribution in [2.45, 2.75) is 32.4 Å². The Balaban J connectivity index is 2.56. The molecule has 20 heavy (non-hydrogen) atoms. The molecule has 1 heterocycles. The maximum absolute atomic E-state index is 9.72. The van der Waals surface area contributed by atoms with E-state index in [1.165, 1.54) is 0 Å². The number of methoxy groups -OCH3 is 1. The van der Waals surface area contributed by atoms with Gasteiger partial charge in [0.2, 0.25) is 0 Å². The Labute approximate surface area is 122 Å². The molecule has 0 spiro atoms. The van der Waals surface area contributed by atoms with Gasteiger partial charge in [0.05, 0.1) is 30.3 Å². The van der Waals surface area contributed by atoms with Crippen LogP contribution >= 0.6 is 0 Å². The Morgan fingerprint density at radius 3 is 2.75 bits per heavy atom. The van der Waals surface area contributed by atoms with Gasteiger partial charge >= 0.3 is 0 Å². The van der Waals surface area contributed by atoms with E-state index in [0.29, 0.717) is 13.2 Å². The average Bonchev–Trinajstić information content (AvgIpc) is 2.45. The number of nitrogens with zero attached hydrogens (tertiary/aromatic N) is 2. The van der Waals surface area contributed by atoms with Crippen LogP contribution in [0.25, 0.3) is 0 Å². The molecule has 0 aliphatic heterocycles. The lowest BCUT2D eigenvalue weighted by atomic mass is 10.2. The molecular formula is C15H27N3O2. The summed E-state index contributed by atoms with van der Waals surface area (Å²) < 4.78 is 4.93. The Kier molecular flexibility index (Phi) is 7.51. The minimum absolute atomic E-state index is 0.258. The van der Waals surface area contributed by atoms with Gasteiger partial charge in [0.15, 0.2) is 0 Å². The van der Waals surface area contributed by atoms with Gasteiger partial charge in [-0.3, -0.25) is 4.98 Å². The molecule has 1 aromatic rings. The lowest BCUT2D eigenvalue weighted by Crippen LogP contribution is -2.32. The number of hydrogen-bond donors (Lipinski definition) is 2.